The third-order valence-electron chi connectivity index (χ3n) is 7.55. The fraction of sp³-hybridized carbons (Fsp3) is 0.235. The van der Waals surface area contributed by atoms with Gasteiger partial charge in [-0.05, 0) is 60.2 Å². The second-order valence-corrected chi connectivity index (χ2v) is 14.5. The van der Waals surface area contributed by atoms with Crippen LogP contribution in [0, 0.1) is 0 Å². The van der Waals surface area contributed by atoms with Crippen molar-refractivity contribution in [1.82, 2.24) is 10.9 Å². The molecule has 0 saturated heterocycles. The van der Waals surface area contributed by atoms with Crippen LogP contribution in [-0.4, -0.2) is 49.8 Å². The average Bonchev–Trinajstić information content (AvgIpc) is 3.47. The summed E-state index contributed by atoms with van der Waals surface area (Å²) in [6.07, 6.45) is -0.692. The number of benzene rings is 4. The molecule has 4 aromatic carbocycles. The fourth-order valence-corrected chi connectivity index (χ4v) is 7.26. The number of carbonyl (C=O) groups excluding carboxylic acids is 1. The summed E-state index contributed by atoms with van der Waals surface area (Å²) in [4.78, 5) is 19.4. The van der Waals surface area contributed by atoms with Crippen molar-refractivity contribution in [2.45, 2.75) is 35.9 Å². The van der Waals surface area contributed by atoms with Gasteiger partial charge in [-0.25, -0.2) is 18.8 Å². The van der Waals surface area contributed by atoms with Crippen molar-refractivity contribution in [3.05, 3.63) is 128 Å². The number of amides is 1. The highest BCUT2D eigenvalue weighted by atomic mass is 79.9. The van der Waals surface area contributed by atoms with E-state index in [1.807, 2.05) is 24.3 Å². The van der Waals surface area contributed by atoms with E-state index in [0.717, 1.165) is 5.56 Å². The number of hydrogen-bond donors (Lipinski definition) is 3. The molecule has 1 aliphatic heterocycles. The third-order valence-corrected chi connectivity index (χ3v) is 10.7. The quantitative estimate of drug-likeness (QED) is 0.0996. The number of carbonyl (C=O) groups is 1. The summed E-state index contributed by atoms with van der Waals surface area (Å²) in [6.45, 7) is 0.577. The molecule has 0 unspecified atom stereocenters. The number of rotatable bonds is 14. The molecule has 9 nitrogen and oxygen atoms in total. The van der Waals surface area contributed by atoms with Crippen LogP contribution in [0.15, 0.2) is 111 Å². The maximum absolute atomic E-state index is 14.3. The first-order valence-electron chi connectivity index (χ1n) is 14.7. The van der Waals surface area contributed by atoms with Gasteiger partial charge in [0.2, 0.25) is 5.90 Å². The van der Waals surface area contributed by atoms with Crippen LogP contribution in [0.25, 0.3) is 0 Å². The first-order chi connectivity index (χ1) is 22.6. The number of hydrogen-bond acceptors (Lipinski definition) is 8. The highest BCUT2D eigenvalue weighted by Crippen LogP contribution is 2.45. The van der Waals surface area contributed by atoms with Gasteiger partial charge < -0.3 is 14.6 Å². The van der Waals surface area contributed by atoms with E-state index in [1.165, 1.54) is 12.1 Å². The smallest absolute Gasteiger partial charge is 0.266 e. The molecule has 4 aromatic rings. The van der Waals surface area contributed by atoms with E-state index >= 15 is 0 Å². The lowest BCUT2D eigenvalue weighted by molar-refractivity contribution is -0.130. The zero-order valence-corrected chi connectivity index (χ0v) is 28.9. The third kappa shape index (κ3) is 8.35. The van der Waals surface area contributed by atoms with Gasteiger partial charge in [0.1, 0.15) is 5.75 Å². The summed E-state index contributed by atoms with van der Waals surface area (Å²) >= 11 is 15.8. The van der Waals surface area contributed by atoms with Gasteiger partial charge in [-0.1, -0.05) is 81.6 Å². The Labute approximate surface area is 291 Å². The molecular weight excluding hydrogens is 729 g/mol. The molecule has 3 N–H and O–H groups in total. The standard InChI is InChI=1S/C34H32BrCl2N3O6S/c35-28-10-5-4-9-27(28)31-34(17-20-47(43,44)26-7-2-1-3-8-26,33(42)40-38-22-23-11-16-29(36)30(37)21-23)39-32(46-31)24-12-14-25(15-13-24)45-19-6-18-41/h1-5,7-16,21,31,38,41H,6,17-20,22H2,(H,40,42)/t31-,34-/m0/s1. The number of aliphatic imine (C=N–C) groups is 1. The first kappa shape index (κ1) is 34.9. The Morgan fingerprint density at radius 1 is 0.979 bits per heavy atom. The lowest BCUT2D eigenvalue weighted by Gasteiger charge is -2.31. The molecule has 0 radical (unpaired) electrons. The fourth-order valence-electron chi connectivity index (χ4n) is 5.06. The van der Waals surface area contributed by atoms with Crippen molar-refractivity contribution >= 4 is 60.8 Å². The molecule has 1 heterocycles. The molecule has 47 heavy (non-hydrogen) atoms. The number of nitrogens with one attached hydrogen (secondary N) is 2. The van der Waals surface area contributed by atoms with Crippen molar-refractivity contribution in [3.8, 4) is 5.75 Å². The zero-order chi connectivity index (χ0) is 33.4. The Morgan fingerprint density at radius 3 is 2.40 bits per heavy atom. The predicted molar refractivity (Wildman–Crippen MR) is 185 cm³/mol. The maximum Gasteiger partial charge on any atom is 0.266 e. The molecule has 0 aliphatic carbocycles. The lowest BCUT2D eigenvalue weighted by atomic mass is 9.85. The molecule has 0 fully saturated rings. The molecule has 0 aromatic heterocycles. The summed E-state index contributed by atoms with van der Waals surface area (Å²) in [6, 6.07) is 27.5. The van der Waals surface area contributed by atoms with Gasteiger partial charge in [-0.2, -0.15) is 0 Å². The van der Waals surface area contributed by atoms with E-state index < -0.39 is 27.4 Å². The van der Waals surface area contributed by atoms with Gasteiger partial charge >= 0.3 is 0 Å². The van der Waals surface area contributed by atoms with Crippen LogP contribution in [0.3, 0.4) is 0 Å². The van der Waals surface area contributed by atoms with Crippen LogP contribution in [-0.2, 0) is 25.9 Å². The van der Waals surface area contributed by atoms with Gasteiger partial charge in [0.15, 0.2) is 21.5 Å². The molecule has 5 rings (SSSR count). The molecule has 1 amide bonds. The number of ether oxygens (including phenoxy) is 2. The van der Waals surface area contributed by atoms with Gasteiger partial charge in [-0.15, -0.1) is 0 Å². The summed E-state index contributed by atoms with van der Waals surface area (Å²) < 4.78 is 39.9. The normalized spacial score (nSPS) is 17.5. The number of halogens is 3. The minimum atomic E-state index is -3.80. The minimum Gasteiger partial charge on any atom is -0.494 e. The van der Waals surface area contributed by atoms with E-state index in [9.17, 15) is 13.2 Å². The Hall–Kier alpha value is -3.45. The van der Waals surface area contributed by atoms with Gasteiger partial charge in [0.25, 0.3) is 5.91 Å². The van der Waals surface area contributed by atoms with Crippen molar-refractivity contribution in [1.29, 1.82) is 0 Å². The number of aliphatic hydroxyl groups excluding tert-OH is 1. The van der Waals surface area contributed by atoms with Crippen LogP contribution in [0.2, 0.25) is 10.0 Å². The molecule has 0 saturated carbocycles. The van der Waals surface area contributed by atoms with Crippen LogP contribution in [0.4, 0.5) is 0 Å². The molecule has 0 spiro atoms. The SMILES string of the molecule is O=C(NNCc1ccc(Cl)c(Cl)c1)[C@@]1(CCS(=O)(=O)c2ccccc2)N=C(c2ccc(OCCCO)cc2)O[C@H]1c1ccccc1Br. The molecule has 13 heteroatoms. The van der Waals surface area contributed by atoms with E-state index in [-0.39, 0.29) is 36.1 Å². The zero-order valence-electron chi connectivity index (χ0n) is 25.0. The van der Waals surface area contributed by atoms with E-state index in [0.29, 0.717) is 44.4 Å². The minimum absolute atomic E-state index is 0.0194. The van der Waals surface area contributed by atoms with Crippen molar-refractivity contribution in [2.24, 2.45) is 4.99 Å². The molecule has 0 bridgehead atoms. The van der Waals surface area contributed by atoms with Crippen LogP contribution >= 0.6 is 39.1 Å². The van der Waals surface area contributed by atoms with Crippen molar-refractivity contribution in [3.63, 3.8) is 0 Å². The summed E-state index contributed by atoms with van der Waals surface area (Å²) in [5, 5.41) is 9.83. The lowest BCUT2D eigenvalue weighted by Crippen LogP contribution is -2.53. The first-order valence-corrected chi connectivity index (χ1v) is 17.9. The second-order valence-electron chi connectivity index (χ2n) is 10.7. The largest absolute Gasteiger partial charge is 0.494 e. The summed E-state index contributed by atoms with van der Waals surface area (Å²) in [5.41, 5.74) is 5.92. The van der Waals surface area contributed by atoms with Crippen LogP contribution in [0.1, 0.15) is 35.6 Å². The highest BCUT2D eigenvalue weighted by molar-refractivity contribution is 9.10. The number of nitrogens with zero attached hydrogens (tertiary/aromatic N) is 1. The van der Waals surface area contributed by atoms with Crippen molar-refractivity contribution in [2.75, 3.05) is 19.0 Å². The van der Waals surface area contributed by atoms with Crippen LogP contribution < -0.4 is 15.6 Å². The maximum atomic E-state index is 14.3. The van der Waals surface area contributed by atoms with Gasteiger partial charge in [-0.3, -0.25) is 10.2 Å². The number of aliphatic hydroxyl groups is 1. The van der Waals surface area contributed by atoms with Crippen molar-refractivity contribution < 1.29 is 27.8 Å². The Morgan fingerprint density at radius 2 is 1.70 bits per heavy atom. The molecule has 246 valence electrons. The number of hydrazine groups is 1. The van der Waals surface area contributed by atoms with Crippen LogP contribution in [0.5, 0.6) is 5.75 Å². The predicted octanol–water partition coefficient (Wildman–Crippen LogP) is 6.46. The van der Waals surface area contributed by atoms with E-state index in [2.05, 4.69) is 26.8 Å². The highest BCUT2D eigenvalue weighted by Gasteiger charge is 2.54. The van der Waals surface area contributed by atoms with Gasteiger partial charge in [0, 0.05) is 41.6 Å². The van der Waals surface area contributed by atoms with Gasteiger partial charge in [0.05, 0.1) is 27.3 Å². The monoisotopic (exact) mass is 759 g/mol. The average molecular weight is 762 g/mol. The molecular formula is C34H32BrCl2N3O6S. The molecule has 1 aliphatic rings. The second kappa shape index (κ2) is 15.6. The molecule has 2 atom stereocenters. The summed E-state index contributed by atoms with van der Waals surface area (Å²) in [5.74, 6) is -0.201. The number of sulfone groups is 1. The Bertz CT molecular complexity index is 1840. The topological polar surface area (TPSA) is 126 Å². The Balaban J connectivity index is 1.52. The summed E-state index contributed by atoms with van der Waals surface area (Å²) in [7, 11) is -3.80. The van der Waals surface area contributed by atoms with E-state index in [4.69, 9.17) is 42.8 Å². The van der Waals surface area contributed by atoms with E-state index in [1.54, 1.807) is 60.7 Å². The Kier molecular flexibility index (Phi) is 11.6.